The highest BCUT2D eigenvalue weighted by atomic mass is 16.5. The number of rotatable bonds is 7. The minimum Gasteiger partial charge on any atom is -0.398 e. The van der Waals surface area contributed by atoms with Crippen LogP contribution in [0.3, 0.4) is 0 Å². The minimum atomic E-state index is -0.0242. The predicted octanol–water partition coefficient (Wildman–Crippen LogP) is 2.48. The Labute approximate surface area is 108 Å². The second kappa shape index (κ2) is 6.81. The lowest BCUT2D eigenvalue weighted by molar-refractivity contribution is 0.101. The topological polar surface area (TPSA) is 64.3 Å². The third-order valence-electron chi connectivity index (χ3n) is 2.35. The van der Waals surface area contributed by atoms with Crippen molar-refractivity contribution in [1.82, 2.24) is 0 Å². The third kappa shape index (κ3) is 4.59. The van der Waals surface area contributed by atoms with Crippen molar-refractivity contribution >= 4 is 17.2 Å². The Hall–Kier alpha value is -1.81. The molecule has 0 aliphatic carbocycles. The molecule has 0 spiro atoms. The van der Waals surface area contributed by atoms with Crippen molar-refractivity contribution in [3.05, 3.63) is 35.9 Å². The molecule has 1 rings (SSSR count). The molecule has 0 bridgehead atoms. The number of ether oxygens (including phenoxy) is 1. The van der Waals surface area contributed by atoms with E-state index in [2.05, 4.69) is 11.9 Å². The van der Waals surface area contributed by atoms with E-state index in [1.165, 1.54) is 6.92 Å². The molecule has 1 aromatic carbocycles. The largest absolute Gasteiger partial charge is 0.398 e. The molecule has 4 nitrogen and oxygen atoms in total. The van der Waals surface area contributed by atoms with Crippen LogP contribution < -0.4 is 11.1 Å². The van der Waals surface area contributed by atoms with Crippen molar-refractivity contribution in [1.29, 1.82) is 0 Å². The second-order valence-electron chi connectivity index (χ2n) is 4.29. The van der Waals surface area contributed by atoms with Crippen LogP contribution in [0.15, 0.2) is 30.4 Å². The summed E-state index contributed by atoms with van der Waals surface area (Å²) in [5.41, 5.74) is 8.73. The molecule has 98 valence electrons. The maximum Gasteiger partial charge on any atom is 0.161 e. The van der Waals surface area contributed by atoms with Gasteiger partial charge in [0.25, 0.3) is 0 Å². The van der Waals surface area contributed by atoms with Gasteiger partial charge in [-0.25, -0.2) is 0 Å². The summed E-state index contributed by atoms with van der Waals surface area (Å²) >= 11 is 0. The lowest BCUT2D eigenvalue weighted by atomic mass is 10.1. The Kier molecular flexibility index (Phi) is 5.39. The van der Waals surface area contributed by atoms with Gasteiger partial charge in [-0.3, -0.25) is 4.79 Å². The number of hydrogen-bond donors (Lipinski definition) is 2. The van der Waals surface area contributed by atoms with Gasteiger partial charge in [-0.05, 0) is 32.0 Å². The van der Waals surface area contributed by atoms with Crippen LogP contribution in [0.1, 0.15) is 24.2 Å². The number of nitrogens with two attached hydrogens (primary N) is 1. The molecular weight excluding hydrogens is 228 g/mol. The normalized spacial score (nSPS) is 10.1. The molecule has 0 unspecified atom stereocenters. The summed E-state index contributed by atoms with van der Waals surface area (Å²) in [6, 6.07) is 5.33. The molecule has 0 aliphatic rings. The molecule has 0 aromatic heterocycles. The average molecular weight is 248 g/mol. The van der Waals surface area contributed by atoms with Crippen molar-refractivity contribution in [3.63, 3.8) is 0 Å². The van der Waals surface area contributed by atoms with E-state index < -0.39 is 0 Å². The van der Waals surface area contributed by atoms with E-state index in [1.54, 1.807) is 12.1 Å². The first-order valence-corrected chi connectivity index (χ1v) is 5.87. The van der Waals surface area contributed by atoms with Crippen LogP contribution in [-0.4, -0.2) is 25.5 Å². The van der Waals surface area contributed by atoms with Crippen molar-refractivity contribution in [2.24, 2.45) is 0 Å². The summed E-state index contributed by atoms with van der Waals surface area (Å²) in [6.07, 6.45) is 0. The van der Waals surface area contributed by atoms with Gasteiger partial charge in [0.15, 0.2) is 5.78 Å². The molecule has 0 radical (unpaired) electrons. The Morgan fingerprint density at radius 3 is 2.72 bits per heavy atom. The van der Waals surface area contributed by atoms with E-state index in [1.807, 2.05) is 13.0 Å². The molecule has 0 fully saturated rings. The van der Waals surface area contributed by atoms with Crippen molar-refractivity contribution in [3.8, 4) is 0 Å². The van der Waals surface area contributed by atoms with Crippen LogP contribution in [0.2, 0.25) is 0 Å². The zero-order chi connectivity index (χ0) is 13.5. The molecule has 4 heteroatoms. The fourth-order valence-electron chi connectivity index (χ4n) is 1.51. The lowest BCUT2D eigenvalue weighted by Gasteiger charge is -2.09. The Morgan fingerprint density at radius 1 is 1.44 bits per heavy atom. The van der Waals surface area contributed by atoms with Crippen molar-refractivity contribution in [2.45, 2.75) is 13.8 Å². The molecule has 0 saturated heterocycles. The van der Waals surface area contributed by atoms with Crippen LogP contribution in [-0.2, 0) is 4.74 Å². The maximum atomic E-state index is 11.2. The fourth-order valence-corrected chi connectivity index (χ4v) is 1.51. The molecule has 0 saturated carbocycles. The van der Waals surface area contributed by atoms with Gasteiger partial charge in [0.2, 0.25) is 0 Å². The highest BCUT2D eigenvalue weighted by molar-refractivity contribution is 5.99. The fraction of sp³-hybridized carbons (Fsp3) is 0.357. The Balaban J connectivity index is 2.42. The van der Waals surface area contributed by atoms with Gasteiger partial charge in [-0.1, -0.05) is 12.2 Å². The number of nitrogens with one attached hydrogen (secondary N) is 1. The smallest absolute Gasteiger partial charge is 0.161 e. The molecular formula is C14H20N2O2. The lowest BCUT2D eigenvalue weighted by Crippen LogP contribution is -2.11. The number of hydrogen-bond acceptors (Lipinski definition) is 4. The molecule has 0 atom stereocenters. The quantitative estimate of drug-likeness (QED) is 0.337. The van der Waals surface area contributed by atoms with Gasteiger partial charge in [-0.15, -0.1) is 0 Å². The number of anilines is 2. The standard InChI is InChI=1S/C14H20N2O2/c1-10(2)9-18-7-6-16-12-4-5-13(11(3)17)14(15)8-12/h4-5,8,16H,1,6-7,9,15H2,2-3H3. The predicted molar refractivity (Wildman–Crippen MR) is 75.0 cm³/mol. The zero-order valence-corrected chi connectivity index (χ0v) is 11.0. The van der Waals surface area contributed by atoms with Crippen LogP contribution in [0.25, 0.3) is 0 Å². The summed E-state index contributed by atoms with van der Waals surface area (Å²) in [5.74, 6) is -0.0242. The van der Waals surface area contributed by atoms with Crippen molar-refractivity contribution < 1.29 is 9.53 Å². The van der Waals surface area contributed by atoms with E-state index in [0.717, 1.165) is 11.3 Å². The van der Waals surface area contributed by atoms with Crippen LogP contribution in [0.4, 0.5) is 11.4 Å². The monoisotopic (exact) mass is 248 g/mol. The summed E-state index contributed by atoms with van der Waals surface area (Å²) in [5, 5.41) is 3.18. The van der Waals surface area contributed by atoms with Gasteiger partial charge in [0.05, 0.1) is 13.2 Å². The highest BCUT2D eigenvalue weighted by Gasteiger charge is 2.04. The average Bonchev–Trinajstić information content (AvgIpc) is 2.27. The van der Waals surface area contributed by atoms with E-state index in [4.69, 9.17) is 10.5 Å². The molecule has 0 aliphatic heterocycles. The molecule has 1 aromatic rings. The number of ketones is 1. The first-order chi connectivity index (χ1) is 8.50. The van der Waals surface area contributed by atoms with Crippen LogP contribution in [0, 0.1) is 0 Å². The third-order valence-corrected chi connectivity index (χ3v) is 2.35. The number of Topliss-reactive ketones (excluding diaryl/α,β-unsaturated/α-hetero) is 1. The minimum absolute atomic E-state index is 0.0242. The van der Waals surface area contributed by atoms with Crippen LogP contribution >= 0.6 is 0 Å². The van der Waals surface area contributed by atoms with E-state index >= 15 is 0 Å². The maximum absolute atomic E-state index is 11.2. The number of carbonyl (C=O) groups excluding carboxylic acids is 1. The van der Waals surface area contributed by atoms with Gasteiger partial charge in [0.1, 0.15) is 0 Å². The Morgan fingerprint density at radius 2 is 2.17 bits per heavy atom. The van der Waals surface area contributed by atoms with Crippen molar-refractivity contribution in [2.75, 3.05) is 30.8 Å². The Bertz CT molecular complexity index is 441. The molecule has 3 N–H and O–H groups in total. The molecule has 0 heterocycles. The molecule has 0 amide bonds. The van der Waals surface area contributed by atoms with Crippen LogP contribution in [0.5, 0.6) is 0 Å². The van der Waals surface area contributed by atoms with E-state index in [0.29, 0.717) is 31.0 Å². The first-order valence-electron chi connectivity index (χ1n) is 5.87. The summed E-state index contributed by atoms with van der Waals surface area (Å²) in [4.78, 5) is 11.2. The van der Waals surface area contributed by atoms with Gasteiger partial charge >= 0.3 is 0 Å². The summed E-state index contributed by atoms with van der Waals surface area (Å²) in [6.45, 7) is 9.05. The summed E-state index contributed by atoms with van der Waals surface area (Å²) < 4.78 is 5.36. The number of carbonyl (C=O) groups is 1. The van der Waals surface area contributed by atoms with Gasteiger partial charge < -0.3 is 15.8 Å². The van der Waals surface area contributed by atoms with E-state index in [-0.39, 0.29) is 5.78 Å². The summed E-state index contributed by atoms with van der Waals surface area (Å²) in [7, 11) is 0. The van der Waals surface area contributed by atoms with E-state index in [9.17, 15) is 4.79 Å². The number of nitrogen functional groups attached to an aromatic ring is 1. The van der Waals surface area contributed by atoms with Gasteiger partial charge in [-0.2, -0.15) is 0 Å². The SMILES string of the molecule is C=C(C)COCCNc1ccc(C(C)=O)c(N)c1. The molecule has 18 heavy (non-hydrogen) atoms. The van der Waals surface area contributed by atoms with Gasteiger partial charge in [0, 0.05) is 23.5 Å². The first kappa shape index (κ1) is 14.3. The second-order valence-corrected chi connectivity index (χ2v) is 4.29. The number of benzene rings is 1. The highest BCUT2D eigenvalue weighted by Crippen LogP contribution is 2.18. The zero-order valence-electron chi connectivity index (χ0n) is 11.0.